The minimum atomic E-state index is -0.151. The van der Waals surface area contributed by atoms with Crippen LogP contribution in [0.2, 0.25) is 0 Å². The van der Waals surface area contributed by atoms with E-state index in [1.165, 1.54) is 0 Å². The molecule has 3 aromatic rings. The quantitative estimate of drug-likeness (QED) is 0.794. The van der Waals surface area contributed by atoms with Gasteiger partial charge in [0.2, 0.25) is 0 Å². The smallest absolute Gasteiger partial charge is 0.254 e. The summed E-state index contributed by atoms with van der Waals surface area (Å²) in [4.78, 5) is 12.5. The van der Waals surface area contributed by atoms with Crippen molar-refractivity contribution in [2.45, 2.75) is 39.3 Å². The van der Waals surface area contributed by atoms with Crippen molar-refractivity contribution in [3.63, 3.8) is 0 Å². The summed E-state index contributed by atoms with van der Waals surface area (Å²) < 4.78 is 3.59. The zero-order chi connectivity index (χ0) is 18.0. The molecule has 1 N–H and O–H groups in total. The van der Waals surface area contributed by atoms with Crippen LogP contribution in [0, 0.1) is 0 Å². The highest BCUT2D eigenvalue weighted by molar-refractivity contribution is 5.93. The molecule has 1 aromatic carbocycles. The maximum absolute atomic E-state index is 12.5. The van der Waals surface area contributed by atoms with E-state index in [0.717, 1.165) is 11.3 Å². The fourth-order valence-corrected chi connectivity index (χ4v) is 2.53. The van der Waals surface area contributed by atoms with Crippen LogP contribution in [0.5, 0.6) is 0 Å². The molecular formula is C19H23N5O. The molecule has 0 fully saturated rings. The summed E-state index contributed by atoms with van der Waals surface area (Å²) in [6, 6.07) is 9.73. The summed E-state index contributed by atoms with van der Waals surface area (Å²) in [6.07, 6.45) is 7.02. The van der Waals surface area contributed by atoms with Gasteiger partial charge in [0.15, 0.2) is 0 Å². The average molecular weight is 337 g/mol. The van der Waals surface area contributed by atoms with Crippen molar-refractivity contribution in [2.75, 3.05) is 0 Å². The molecule has 2 aromatic heterocycles. The van der Waals surface area contributed by atoms with Crippen LogP contribution in [-0.4, -0.2) is 25.5 Å². The van der Waals surface area contributed by atoms with E-state index >= 15 is 0 Å². The van der Waals surface area contributed by atoms with Gasteiger partial charge in [-0.3, -0.25) is 9.48 Å². The molecule has 0 aliphatic heterocycles. The first kappa shape index (κ1) is 17.0. The fourth-order valence-electron chi connectivity index (χ4n) is 2.53. The number of aromatic nitrogens is 4. The van der Waals surface area contributed by atoms with E-state index < -0.39 is 0 Å². The molecule has 0 spiro atoms. The molecule has 0 bridgehead atoms. The second-order valence-electron chi connectivity index (χ2n) is 7.09. The lowest BCUT2D eigenvalue weighted by Gasteiger charge is -2.18. The van der Waals surface area contributed by atoms with Crippen LogP contribution in [0.3, 0.4) is 0 Å². The Hall–Kier alpha value is -2.89. The molecule has 2 heterocycles. The minimum Gasteiger partial charge on any atom is -0.345 e. The normalized spacial score (nSPS) is 12.8. The second-order valence-corrected chi connectivity index (χ2v) is 7.09. The summed E-state index contributed by atoms with van der Waals surface area (Å²) >= 11 is 0. The maximum Gasteiger partial charge on any atom is 0.254 e. The third-order valence-corrected chi connectivity index (χ3v) is 4.02. The van der Waals surface area contributed by atoms with Crippen molar-refractivity contribution in [1.29, 1.82) is 0 Å². The molecule has 0 saturated carbocycles. The first-order valence-corrected chi connectivity index (χ1v) is 8.30. The maximum atomic E-state index is 12.5. The molecule has 1 atom stereocenters. The molecule has 6 heteroatoms. The number of benzene rings is 1. The standard InChI is InChI=1S/C19H23N5O/c1-14(15-7-5-8-17(11-15)23-10-6-9-20-23)22-18(25)16-12-21-24(13-16)19(2,3)4/h5-14H,1-4H3,(H,22,25). The van der Waals surface area contributed by atoms with E-state index in [1.54, 1.807) is 28.0 Å². The van der Waals surface area contributed by atoms with Crippen LogP contribution in [0.1, 0.15) is 49.7 Å². The third-order valence-electron chi connectivity index (χ3n) is 4.02. The summed E-state index contributed by atoms with van der Waals surface area (Å²) in [5.74, 6) is -0.132. The van der Waals surface area contributed by atoms with Gasteiger partial charge in [0.05, 0.1) is 29.0 Å². The topological polar surface area (TPSA) is 64.7 Å². The van der Waals surface area contributed by atoms with Gasteiger partial charge < -0.3 is 5.32 Å². The molecule has 25 heavy (non-hydrogen) atoms. The summed E-state index contributed by atoms with van der Waals surface area (Å²) in [5, 5.41) is 11.5. The highest BCUT2D eigenvalue weighted by Gasteiger charge is 2.18. The molecule has 130 valence electrons. The van der Waals surface area contributed by atoms with Crippen LogP contribution in [0.25, 0.3) is 5.69 Å². The van der Waals surface area contributed by atoms with Gasteiger partial charge >= 0.3 is 0 Å². The van der Waals surface area contributed by atoms with Crippen molar-refractivity contribution in [1.82, 2.24) is 24.9 Å². The summed E-state index contributed by atoms with van der Waals surface area (Å²) in [6.45, 7) is 8.11. The third kappa shape index (κ3) is 3.79. The average Bonchev–Trinajstić information content (AvgIpc) is 3.26. The van der Waals surface area contributed by atoms with Crippen molar-refractivity contribution in [2.24, 2.45) is 0 Å². The van der Waals surface area contributed by atoms with Crippen LogP contribution >= 0.6 is 0 Å². The predicted molar refractivity (Wildman–Crippen MR) is 96.7 cm³/mol. The SMILES string of the molecule is CC(NC(=O)c1cnn(C(C)(C)C)c1)c1cccc(-n2cccn2)c1. The number of carbonyl (C=O) groups excluding carboxylic acids is 1. The number of rotatable bonds is 4. The Morgan fingerprint density at radius 3 is 2.64 bits per heavy atom. The van der Waals surface area contributed by atoms with Gasteiger partial charge in [0.1, 0.15) is 0 Å². The van der Waals surface area contributed by atoms with Gasteiger partial charge in [-0.2, -0.15) is 10.2 Å². The largest absolute Gasteiger partial charge is 0.345 e. The number of hydrogen-bond acceptors (Lipinski definition) is 3. The van der Waals surface area contributed by atoms with Gasteiger partial charge in [-0.05, 0) is 51.5 Å². The molecule has 6 nitrogen and oxygen atoms in total. The number of nitrogens with zero attached hydrogens (tertiary/aromatic N) is 4. The Morgan fingerprint density at radius 2 is 2.00 bits per heavy atom. The van der Waals surface area contributed by atoms with E-state index in [-0.39, 0.29) is 17.5 Å². The zero-order valence-corrected chi connectivity index (χ0v) is 15.0. The minimum absolute atomic E-state index is 0.124. The van der Waals surface area contributed by atoms with E-state index in [4.69, 9.17) is 0 Å². The molecular weight excluding hydrogens is 314 g/mol. The van der Waals surface area contributed by atoms with Crippen LogP contribution < -0.4 is 5.32 Å². The van der Waals surface area contributed by atoms with Crippen LogP contribution in [0.15, 0.2) is 55.1 Å². The highest BCUT2D eigenvalue weighted by atomic mass is 16.1. The van der Waals surface area contributed by atoms with E-state index in [9.17, 15) is 4.79 Å². The Morgan fingerprint density at radius 1 is 1.20 bits per heavy atom. The van der Waals surface area contributed by atoms with E-state index in [2.05, 4.69) is 15.5 Å². The molecule has 1 amide bonds. The molecule has 3 rings (SSSR count). The second kappa shape index (κ2) is 6.55. The Labute approximate surface area is 147 Å². The lowest BCUT2D eigenvalue weighted by molar-refractivity contribution is 0.0939. The molecule has 1 unspecified atom stereocenters. The number of nitrogens with one attached hydrogen (secondary N) is 1. The Balaban J connectivity index is 1.74. The van der Waals surface area contributed by atoms with Crippen LogP contribution in [0.4, 0.5) is 0 Å². The first-order valence-electron chi connectivity index (χ1n) is 8.30. The monoisotopic (exact) mass is 337 g/mol. The van der Waals surface area contributed by atoms with Crippen molar-refractivity contribution in [3.8, 4) is 5.69 Å². The lowest BCUT2D eigenvalue weighted by atomic mass is 10.1. The number of hydrogen-bond donors (Lipinski definition) is 1. The van der Waals surface area contributed by atoms with Crippen molar-refractivity contribution < 1.29 is 4.79 Å². The predicted octanol–water partition coefficient (Wildman–Crippen LogP) is 3.31. The van der Waals surface area contributed by atoms with Gasteiger partial charge in [0.25, 0.3) is 5.91 Å². The molecule has 0 saturated heterocycles. The summed E-state index contributed by atoms with van der Waals surface area (Å²) in [7, 11) is 0. The number of amides is 1. The zero-order valence-electron chi connectivity index (χ0n) is 15.0. The summed E-state index contributed by atoms with van der Waals surface area (Å²) in [5.41, 5.74) is 2.39. The fraction of sp³-hybridized carbons (Fsp3) is 0.316. The Kier molecular flexibility index (Phi) is 4.44. The molecule has 0 aliphatic carbocycles. The van der Waals surface area contributed by atoms with Crippen molar-refractivity contribution in [3.05, 3.63) is 66.2 Å². The molecule has 0 aliphatic rings. The lowest BCUT2D eigenvalue weighted by Crippen LogP contribution is -2.27. The molecule has 0 radical (unpaired) electrons. The van der Waals surface area contributed by atoms with Crippen LogP contribution in [-0.2, 0) is 5.54 Å². The Bertz CT molecular complexity index is 858. The van der Waals surface area contributed by atoms with Gasteiger partial charge in [-0.1, -0.05) is 12.1 Å². The van der Waals surface area contributed by atoms with Crippen molar-refractivity contribution >= 4 is 5.91 Å². The highest BCUT2D eigenvalue weighted by Crippen LogP contribution is 2.18. The van der Waals surface area contributed by atoms with Gasteiger partial charge in [0, 0.05) is 18.6 Å². The van der Waals surface area contributed by atoms with Gasteiger partial charge in [-0.25, -0.2) is 4.68 Å². The van der Waals surface area contributed by atoms with Gasteiger partial charge in [-0.15, -0.1) is 0 Å². The van der Waals surface area contributed by atoms with E-state index in [1.807, 2.05) is 64.2 Å². The first-order chi connectivity index (χ1) is 11.8. The van der Waals surface area contributed by atoms with E-state index in [0.29, 0.717) is 5.56 Å². The number of carbonyl (C=O) groups is 1.